The SMILES string of the molecule is CN1CC(c2ccccc2)C2(CCN(C(=O)Cc3ccc(F)cn3)C2)C1=O. The van der Waals surface area contributed by atoms with E-state index in [4.69, 9.17) is 0 Å². The van der Waals surface area contributed by atoms with E-state index in [0.717, 1.165) is 11.8 Å². The molecule has 0 N–H and O–H groups in total. The fourth-order valence-electron chi connectivity index (χ4n) is 4.45. The lowest BCUT2D eigenvalue weighted by Gasteiger charge is -2.28. The Kier molecular flexibility index (Phi) is 4.42. The number of carbonyl (C=O) groups is 2. The van der Waals surface area contributed by atoms with Crippen molar-refractivity contribution >= 4 is 11.8 Å². The van der Waals surface area contributed by atoms with E-state index in [0.29, 0.717) is 31.7 Å². The number of likely N-dealkylation sites (N-methyl/N-ethyl adjacent to an activating group) is 1. The van der Waals surface area contributed by atoms with E-state index in [9.17, 15) is 14.0 Å². The molecule has 0 radical (unpaired) electrons. The molecular weight excluding hydrogens is 345 g/mol. The average molecular weight is 367 g/mol. The van der Waals surface area contributed by atoms with Crippen molar-refractivity contribution in [1.82, 2.24) is 14.8 Å². The highest BCUT2D eigenvalue weighted by Gasteiger charge is 2.57. The molecule has 1 aromatic heterocycles. The first-order chi connectivity index (χ1) is 13.0. The molecule has 1 spiro atoms. The number of hydrogen-bond acceptors (Lipinski definition) is 3. The lowest BCUT2D eigenvalue weighted by molar-refractivity contribution is -0.135. The van der Waals surface area contributed by atoms with E-state index < -0.39 is 11.2 Å². The van der Waals surface area contributed by atoms with E-state index in [1.807, 2.05) is 25.2 Å². The van der Waals surface area contributed by atoms with Crippen LogP contribution in [0, 0.1) is 11.2 Å². The molecular formula is C21H22FN3O2. The van der Waals surface area contributed by atoms with Gasteiger partial charge in [0.25, 0.3) is 0 Å². The van der Waals surface area contributed by atoms with Gasteiger partial charge in [0.1, 0.15) is 5.82 Å². The summed E-state index contributed by atoms with van der Waals surface area (Å²) in [4.78, 5) is 33.3. The lowest BCUT2D eigenvalue weighted by Crippen LogP contribution is -2.39. The van der Waals surface area contributed by atoms with Crippen LogP contribution < -0.4 is 0 Å². The third-order valence-corrected chi connectivity index (χ3v) is 5.87. The molecule has 2 aliphatic heterocycles. The summed E-state index contributed by atoms with van der Waals surface area (Å²) >= 11 is 0. The topological polar surface area (TPSA) is 53.5 Å². The predicted octanol–water partition coefficient (Wildman–Crippen LogP) is 2.24. The highest BCUT2D eigenvalue weighted by molar-refractivity contribution is 5.89. The van der Waals surface area contributed by atoms with Crippen molar-refractivity contribution in [2.24, 2.45) is 5.41 Å². The minimum Gasteiger partial charge on any atom is -0.345 e. The molecule has 0 saturated carbocycles. The van der Waals surface area contributed by atoms with Crippen LogP contribution >= 0.6 is 0 Å². The van der Waals surface area contributed by atoms with Crippen molar-refractivity contribution in [3.05, 3.63) is 65.7 Å². The molecule has 2 atom stereocenters. The Bertz CT molecular complexity index is 855. The second kappa shape index (κ2) is 6.76. The van der Waals surface area contributed by atoms with E-state index in [2.05, 4.69) is 17.1 Å². The Hall–Kier alpha value is -2.76. The number of hydrogen-bond donors (Lipinski definition) is 0. The molecule has 6 heteroatoms. The number of aromatic nitrogens is 1. The zero-order chi connectivity index (χ0) is 19.0. The Balaban J connectivity index is 1.54. The monoisotopic (exact) mass is 367 g/mol. The highest BCUT2D eigenvalue weighted by atomic mass is 19.1. The third-order valence-electron chi connectivity index (χ3n) is 5.87. The Morgan fingerprint density at radius 1 is 1.26 bits per heavy atom. The maximum atomic E-state index is 13.0. The maximum Gasteiger partial charge on any atom is 0.231 e. The molecule has 0 bridgehead atoms. The summed E-state index contributed by atoms with van der Waals surface area (Å²) in [7, 11) is 1.83. The van der Waals surface area contributed by atoms with E-state index in [1.165, 1.54) is 12.1 Å². The van der Waals surface area contributed by atoms with E-state index in [1.54, 1.807) is 9.80 Å². The molecule has 2 amide bonds. The van der Waals surface area contributed by atoms with Crippen LogP contribution in [0.25, 0.3) is 0 Å². The molecule has 140 valence electrons. The molecule has 2 saturated heterocycles. The summed E-state index contributed by atoms with van der Waals surface area (Å²) < 4.78 is 13.0. The summed E-state index contributed by atoms with van der Waals surface area (Å²) in [6.45, 7) is 1.66. The molecule has 2 unspecified atom stereocenters. The quantitative estimate of drug-likeness (QED) is 0.836. The first kappa shape index (κ1) is 17.6. The summed E-state index contributed by atoms with van der Waals surface area (Å²) in [5.74, 6) is -0.290. The van der Waals surface area contributed by atoms with Crippen LogP contribution in [0.15, 0.2) is 48.7 Å². The number of halogens is 1. The first-order valence-electron chi connectivity index (χ1n) is 9.18. The molecule has 4 rings (SSSR count). The fourth-order valence-corrected chi connectivity index (χ4v) is 4.45. The maximum absolute atomic E-state index is 13.0. The average Bonchev–Trinajstić information content (AvgIpc) is 3.23. The molecule has 27 heavy (non-hydrogen) atoms. The van der Waals surface area contributed by atoms with Crippen LogP contribution in [0.4, 0.5) is 4.39 Å². The Labute approximate surface area is 157 Å². The van der Waals surface area contributed by atoms with Crippen LogP contribution in [0.2, 0.25) is 0 Å². The van der Waals surface area contributed by atoms with E-state index >= 15 is 0 Å². The molecule has 2 aliphatic rings. The number of benzene rings is 1. The number of nitrogens with zero attached hydrogens (tertiary/aromatic N) is 3. The van der Waals surface area contributed by atoms with Crippen molar-refractivity contribution in [3.8, 4) is 0 Å². The van der Waals surface area contributed by atoms with Gasteiger partial charge in [0, 0.05) is 38.3 Å². The second-order valence-electron chi connectivity index (χ2n) is 7.51. The Morgan fingerprint density at radius 3 is 2.74 bits per heavy atom. The number of carbonyl (C=O) groups excluding carboxylic acids is 2. The standard InChI is InChI=1S/C21H22FN3O2/c1-24-13-18(15-5-3-2-4-6-15)21(20(24)27)9-10-25(14-21)19(26)11-17-8-7-16(22)12-23-17/h2-8,12,18H,9-11,13-14H2,1H3. The zero-order valence-electron chi connectivity index (χ0n) is 15.3. The van der Waals surface area contributed by atoms with Crippen molar-refractivity contribution < 1.29 is 14.0 Å². The minimum absolute atomic E-state index is 0.0693. The van der Waals surface area contributed by atoms with Crippen molar-refractivity contribution in [1.29, 1.82) is 0 Å². The van der Waals surface area contributed by atoms with Crippen LogP contribution in [0.3, 0.4) is 0 Å². The fraction of sp³-hybridized carbons (Fsp3) is 0.381. The molecule has 5 nitrogen and oxygen atoms in total. The van der Waals surface area contributed by atoms with Gasteiger partial charge in [-0.05, 0) is 24.1 Å². The van der Waals surface area contributed by atoms with Gasteiger partial charge in [0.05, 0.1) is 18.0 Å². The first-order valence-corrected chi connectivity index (χ1v) is 9.18. The van der Waals surface area contributed by atoms with Crippen molar-refractivity contribution in [2.45, 2.75) is 18.8 Å². The van der Waals surface area contributed by atoms with Crippen molar-refractivity contribution in [2.75, 3.05) is 26.7 Å². The summed E-state index contributed by atoms with van der Waals surface area (Å²) in [6.07, 6.45) is 1.91. The van der Waals surface area contributed by atoms with Gasteiger partial charge >= 0.3 is 0 Å². The highest BCUT2D eigenvalue weighted by Crippen LogP contribution is 2.49. The van der Waals surface area contributed by atoms with Gasteiger partial charge in [0.15, 0.2) is 0 Å². The number of pyridine rings is 1. The molecule has 2 aromatic rings. The third kappa shape index (κ3) is 3.09. The summed E-state index contributed by atoms with van der Waals surface area (Å²) in [5, 5.41) is 0. The number of likely N-dealkylation sites (tertiary alicyclic amines) is 2. The molecule has 0 aliphatic carbocycles. The van der Waals surface area contributed by atoms with Crippen LogP contribution in [-0.2, 0) is 16.0 Å². The van der Waals surface area contributed by atoms with E-state index in [-0.39, 0.29) is 24.2 Å². The van der Waals surface area contributed by atoms with Gasteiger partial charge < -0.3 is 9.80 Å². The van der Waals surface area contributed by atoms with Crippen LogP contribution in [0.5, 0.6) is 0 Å². The second-order valence-corrected chi connectivity index (χ2v) is 7.51. The van der Waals surface area contributed by atoms with Gasteiger partial charge in [-0.25, -0.2) is 4.39 Å². The summed E-state index contributed by atoms with van der Waals surface area (Å²) in [5.41, 5.74) is 1.13. The minimum atomic E-state index is -0.554. The number of rotatable bonds is 3. The van der Waals surface area contributed by atoms with Crippen LogP contribution in [-0.4, -0.2) is 53.3 Å². The largest absolute Gasteiger partial charge is 0.345 e. The zero-order valence-corrected chi connectivity index (χ0v) is 15.3. The summed E-state index contributed by atoms with van der Waals surface area (Å²) in [6, 6.07) is 12.9. The molecule has 3 heterocycles. The molecule has 2 fully saturated rings. The van der Waals surface area contributed by atoms with Gasteiger partial charge in [-0.3, -0.25) is 14.6 Å². The smallest absolute Gasteiger partial charge is 0.231 e. The van der Waals surface area contributed by atoms with Gasteiger partial charge in [-0.1, -0.05) is 30.3 Å². The number of amides is 2. The lowest BCUT2D eigenvalue weighted by atomic mass is 9.73. The predicted molar refractivity (Wildman–Crippen MR) is 98.3 cm³/mol. The van der Waals surface area contributed by atoms with Gasteiger partial charge in [-0.15, -0.1) is 0 Å². The van der Waals surface area contributed by atoms with Gasteiger partial charge in [-0.2, -0.15) is 0 Å². The van der Waals surface area contributed by atoms with Crippen molar-refractivity contribution in [3.63, 3.8) is 0 Å². The normalized spacial score (nSPS) is 24.8. The molecule has 1 aromatic carbocycles. The Morgan fingerprint density at radius 2 is 2.04 bits per heavy atom. The van der Waals surface area contributed by atoms with Crippen LogP contribution in [0.1, 0.15) is 23.6 Å². The van der Waals surface area contributed by atoms with Gasteiger partial charge in [0.2, 0.25) is 11.8 Å².